The monoisotopic (exact) mass is 404 g/mol. The third-order valence-corrected chi connectivity index (χ3v) is 4.65. The van der Waals surface area contributed by atoms with Crippen LogP contribution in [0.5, 0.6) is 5.75 Å². The van der Waals surface area contributed by atoms with Crippen molar-refractivity contribution in [1.82, 2.24) is 0 Å². The van der Waals surface area contributed by atoms with Gasteiger partial charge in [-0.1, -0.05) is 36.4 Å². The predicted octanol–water partition coefficient (Wildman–Crippen LogP) is 4.84. The van der Waals surface area contributed by atoms with E-state index in [1.165, 1.54) is 0 Å². The lowest BCUT2D eigenvalue weighted by Gasteiger charge is -2.16. The number of aliphatic carboxylic acids is 1. The maximum absolute atomic E-state index is 11.1. The van der Waals surface area contributed by atoms with Gasteiger partial charge in [0.15, 0.2) is 0 Å². The van der Waals surface area contributed by atoms with E-state index in [-0.39, 0.29) is 6.42 Å². The van der Waals surface area contributed by atoms with Crippen LogP contribution >= 0.6 is 0 Å². The second-order valence-electron chi connectivity index (χ2n) is 7.59. The fourth-order valence-corrected chi connectivity index (χ4v) is 3.35. The molecule has 0 spiro atoms. The molecule has 0 fully saturated rings. The Morgan fingerprint density at radius 1 is 1.00 bits per heavy atom. The number of hydrogen-bond donors (Lipinski definition) is 3. The molecule has 30 heavy (non-hydrogen) atoms. The average molecular weight is 405 g/mol. The van der Waals surface area contributed by atoms with E-state index < -0.39 is 5.97 Å². The second-order valence-corrected chi connectivity index (χ2v) is 7.59. The van der Waals surface area contributed by atoms with Crippen molar-refractivity contribution in [3.8, 4) is 16.9 Å². The zero-order chi connectivity index (χ0) is 21.5. The Balaban J connectivity index is 1.89. The molecule has 3 aromatic carbocycles. The van der Waals surface area contributed by atoms with Crippen molar-refractivity contribution in [2.24, 2.45) is 5.73 Å². The first-order valence-corrected chi connectivity index (χ1v) is 10.1. The molecule has 0 aliphatic rings. The molecule has 3 rings (SSSR count). The van der Waals surface area contributed by atoms with Gasteiger partial charge in [0.25, 0.3) is 0 Å². The first-order valence-electron chi connectivity index (χ1n) is 10.1. The lowest BCUT2D eigenvalue weighted by Crippen LogP contribution is -2.10. The third-order valence-electron chi connectivity index (χ3n) is 4.65. The van der Waals surface area contributed by atoms with Gasteiger partial charge in [-0.3, -0.25) is 4.79 Å². The summed E-state index contributed by atoms with van der Waals surface area (Å²) in [6, 6.07) is 22.0. The summed E-state index contributed by atoms with van der Waals surface area (Å²) in [4.78, 5) is 11.1. The van der Waals surface area contributed by atoms with Gasteiger partial charge in [0.2, 0.25) is 0 Å². The third kappa shape index (κ3) is 5.84. The molecule has 0 radical (unpaired) electrons. The molecule has 156 valence electrons. The first-order chi connectivity index (χ1) is 14.4. The molecule has 0 atom stereocenters. The summed E-state index contributed by atoms with van der Waals surface area (Å²) >= 11 is 0. The number of ether oxygens (including phenoxy) is 1. The van der Waals surface area contributed by atoms with Crippen LogP contribution in [0.25, 0.3) is 11.1 Å². The standard InChI is InChI=1S/C25H28N2O3/c1-17(2)27-23-12-19(11-22(13-23)20-8-5-6-18(10-20)15-26)16-30-24-9-4-3-7-21(24)14-25(28)29/h3-13,17,27H,14-16,26H2,1-2H3,(H,28,29). The summed E-state index contributed by atoms with van der Waals surface area (Å²) in [5.74, 6) is -0.287. The number of nitrogens with two attached hydrogens (primary N) is 1. The summed E-state index contributed by atoms with van der Waals surface area (Å²) < 4.78 is 6.01. The molecule has 0 heterocycles. The van der Waals surface area contributed by atoms with Crippen LogP contribution in [-0.2, 0) is 24.4 Å². The Morgan fingerprint density at radius 2 is 1.77 bits per heavy atom. The van der Waals surface area contributed by atoms with Gasteiger partial charge in [-0.2, -0.15) is 0 Å². The number of para-hydroxylation sites is 1. The summed E-state index contributed by atoms with van der Waals surface area (Å²) in [7, 11) is 0. The van der Waals surface area contributed by atoms with E-state index >= 15 is 0 Å². The zero-order valence-corrected chi connectivity index (χ0v) is 17.4. The Kier molecular flexibility index (Phi) is 7.09. The highest BCUT2D eigenvalue weighted by Crippen LogP contribution is 2.28. The van der Waals surface area contributed by atoms with Crippen molar-refractivity contribution in [3.63, 3.8) is 0 Å². The van der Waals surface area contributed by atoms with Crippen LogP contribution in [0.1, 0.15) is 30.5 Å². The number of hydrogen-bond acceptors (Lipinski definition) is 4. The minimum atomic E-state index is -0.878. The Bertz CT molecular complexity index is 1010. The van der Waals surface area contributed by atoms with Gasteiger partial charge < -0.3 is 20.9 Å². The van der Waals surface area contributed by atoms with Crippen LogP contribution in [0.2, 0.25) is 0 Å². The van der Waals surface area contributed by atoms with E-state index in [9.17, 15) is 4.79 Å². The quantitative estimate of drug-likeness (QED) is 0.475. The van der Waals surface area contributed by atoms with Crippen molar-refractivity contribution in [3.05, 3.63) is 83.4 Å². The van der Waals surface area contributed by atoms with Crippen molar-refractivity contribution >= 4 is 11.7 Å². The molecular weight excluding hydrogens is 376 g/mol. The molecule has 0 saturated carbocycles. The molecule has 0 unspecified atom stereocenters. The van der Waals surface area contributed by atoms with E-state index in [1.807, 2.05) is 24.3 Å². The van der Waals surface area contributed by atoms with Gasteiger partial charge in [-0.05, 0) is 66.4 Å². The minimum Gasteiger partial charge on any atom is -0.489 e. The van der Waals surface area contributed by atoms with Gasteiger partial charge in [-0.15, -0.1) is 0 Å². The summed E-state index contributed by atoms with van der Waals surface area (Å²) in [5, 5.41) is 12.6. The zero-order valence-electron chi connectivity index (χ0n) is 17.4. The highest BCUT2D eigenvalue weighted by Gasteiger charge is 2.10. The number of anilines is 1. The van der Waals surface area contributed by atoms with Crippen LogP contribution in [0.3, 0.4) is 0 Å². The largest absolute Gasteiger partial charge is 0.489 e. The molecule has 4 N–H and O–H groups in total. The average Bonchev–Trinajstić information content (AvgIpc) is 2.72. The Hall–Kier alpha value is -3.31. The predicted molar refractivity (Wildman–Crippen MR) is 121 cm³/mol. The van der Waals surface area contributed by atoms with Crippen LogP contribution in [-0.4, -0.2) is 17.1 Å². The van der Waals surface area contributed by atoms with E-state index in [0.717, 1.165) is 27.9 Å². The topological polar surface area (TPSA) is 84.6 Å². The summed E-state index contributed by atoms with van der Waals surface area (Å²) in [6.45, 7) is 5.03. The Morgan fingerprint density at radius 3 is 2.50 bits per heavy atom. The lowest BCUT2D eigenvalue weighted by atomic mass is 10.00. The highest BCUT2D eigenvalue weighted by molar-refractivity contribution is 5.71. The number of rotatable bonds is 9. The summed E-state index contributed by atoms with van der Waals surface area (Å²) in [5.41, 5.74) is 11.7. The van der Waals surface area contributed by atoms with Gasteiger partial charge in [0.05, 0.1) is 6.42 Å². The SMILES string of the molecule is CC(C)Nc1cc(COc2ccccc2CC(=O)O)cc(-c2cccc(CN)c2)c1. The van der Waals surface area contributed by atoms with Crippen LogP contribution in [0.4, 0.5) is 5.69 Å². The second kappa shape index (κ2) is 9.94. The van der Waals surface area contributed by atoms with Crippen LogP contribution in [0.15, 0.2) is 66.7 Å². The van der Waals surface area contributed by atoms with Gasteiger partial charge >= 0.3 is 5.97 Å². The summed E-state index contributed by atoms with van der Waals surface area (Å²) in [6.07, 6.45) is -0.0672. The van der Waals surface area contributed by atoms with Gasteiger partial charge in [0.1, 0.15) is 12.4 Å². The highest BCUT2D eigenvalue weighted by atomic mass is 16.5. The number of carboxylic acids is 1. The molecule has 0 saturated heterocycles. The van der Waals surface area contributed by atoms with E-state index in [4.69, 9.17) is 15.6 Å². The van der Waals surface area contributed by atoms with E-state index in [2.05, 4.69) is 49.5 Å². The molecule has 5 nitrogen and oxygen atoms in total. The molecule has 0 aliphatic carbocycles. The molecule has 0 aromatic heterocycles. The minimum absolute atomic E-state index is 0.0672. The maximum atomic E-state index is 11.1. The molecule has 3 aromatic rings. The molecular formula is C25H28N2O3. The van der Waals surface area contributed by atoms with Crippen LogP contribution < -0.4 is 15.8 Å². The molecule has 0 amide bonds. The number of nitrogens with one attached hydrogen (secondary N) is 1. The molecule has 5 heteroatoms. The molecule has 0 bridgehead atoms. The van der Waals surface area contributed by atoms with Crippen molar-refractivity contribution < 1.29 is 14.6 Å². The normalized spacial score (nSPS) is 10.8. The molecule has 0 aliphatic heterocycles. The number of benzene rings is 3. The fraction of sp³-hybridized carbons (Fsp3) is 0.240. The van der Waals surface area contributed by atoms with Crippen molar-refractivity contribution in [1.29, 1.82) is 0 Å². The fourth-order valence-electron chi connectivity index (χ4n) is 3.35. The lowest BCUT2D eigenvalue weighted by molar-refractivity contribution is -0.136. The van der Waals surface area contributed by atoms with E-state index in [1.54, 1.807) is 12.1 Å². The first kappa shape index (κ1) is 21.4. The number of carbonyl (C=O) groups is 1. The van der Waals surface area contributed by atoms with Crippen molar-refractivity contribution in [2.45, 2.75) is 39.5 Å². The van der Waals surface area contributed by atoms with E-state index in [0.29, 0.717) is 30.5 Å². The maximum Gasteiger partial charge on any atom is 0.307 e. The smallest absolute Gasteiger partial charge is 0.307 e. The Labute approximate surface area is 177 Å². The van der Waals surface area contributed by atoms with Gasteiger partial charge in [0, 0.05) is 23.8 Å². The van der Waals surface area contributed by atoms with Crippen LogP contribution in [0, 0.1) is 0 Å². The van der Waals surface area contributed by atoms with Crippen molar-refractivity contribution in [2.75, 3.05) is 5.32 Å². The van der Waals surface area contributed by atoms with Gasteiger partial charge in [-0.25, -0.2) is 0 Å². The number of carboxylic acid groups (broad SMARTS) is 1.